The van der Waals surface area contributed by atoms with Crippen molar-refractivity contribution in [2.45, 2.75) is 6.04 Å². The monoisotopic (exact) mass is 349 g/mol. The zero-order valence-electron chi connectivity index (χ0n) is 13.1. The number of amides is 1. The van der Waals surface area contributed by atoms with Gasteiger partial charge in [0.25, 0.3) is 0 Å². The van der Waals surface area contributed by atoms with Crippen LogP contribution in [-0.4, -0.2) is 20.9 Å². The first-order valence-electron chi connectivity index (χ1n) is 7.72. The van der Waals surface area contributed by atoms with Crippen LogP contribution in [0.15, 0.2) is 60.2 Å². The first-order chi connectivity index (χ1) is 12.2. The minimum absolute atomic E-state index is 0.285. The summed E-state index contributed by atoms with van der Waals surface area (Å²) in [6.07, 6.45) is 3.61. The highest BCUT2D eigenvalue weighted by Crippen LogP contribution is 2.30. The summed E-state index contributed by atoms with van der Waals surface area (Å²) in [6.45, 7) is 0. The van der Waals surface area contributed by atoms with Crippen LogP contribution in [0.5, 0.6) is 0 Å². The van der Waals surface area contributed by atoms with Gasteiger partial charge in [0, 0.05) is 28.7 Å². The molecule has 0 saturated heterocycles. The Hall–Kier alpha value is -3.03. The summed E-state index contributed by atoms with van der Waals surface area (Å²) in [6, 6.07) is 12.4. The fourth-order valence-electron chi connectivity index (χ4n) is 2.62. The number of carbonyl (C=O) groups is 1. The van der Waals surface area contributed by atoms with E-state index in [0.717, 1.165) is 27.9 Å². The van der Waals surface area contributed by atoms with Crippen LogP contribution in [0.3, 0.4) is 0 Å². The minimum atomic E-state index is -0.731. The number of nitrogens with one attached hydrogen (secondary N) is 2. The number of carbonyl (C=O) groups excluding carboxylic acids is 1. The average molecular weight is 349 g/mol. The number of aromatic nitrogens is 3. The number of hydrogen-bond acceptors (Lipinski definition) is 5. The van der Waals surface area contributed by atoms with E-state index in [1.807, 2.05) is 54.0 Å². The Morgan fingerprint density at radius 2 is 2.04 bits per heavy atom. The van der Waals surface area contributed by atoms with Crippen molar-refractivity contribution in [3.05, 3.63) is 65.8 Å². The molecule has 25 heavy (non-hydrogen) atoms. The summed E-state index contributed by atoms with van der Waals surface area (Å²) in [4.78, 5) is 24.2. The second-order valence-corrected chi connectivity index (χ2v) is 6.38. The van der Waals surface area contributed by atoms with Crippen LogP contribution < -0.4 is 11.1 Å². The number of benzene rings is 1. The van der Waals surface area contributed by atoms with Crippen LogP contribution in [0.1, 0.15) is 11.6 Å². The summed E-state index contributed by atoms with van der Waals surface area (Å²) in [5.74, 6) is -0.285. The molecule has 0 saturated carbocycles. The van der Waals surface area contributed by atoms with E-state index in [2.05, 4.69) is 20.3 Å². The lowest BCUT2D eigenvalue weighted by atomic mass is 10.1. The van der Waals surface area contributed by atoms with Crippen molar-refractivity contribution in [3.63, 3.8) is 0 Å². The van der Waals surface area contributed by atoms with Crippen molar-refractivity contribution >= 4 is 33.4 Å². The molecular weight excluding hydrogens is 334 g/mol. The van der Waals surface area contributed by atoms with E-state index in [1.54, 1.807) is 6.20 Å². The van der Waals surface area contributed by atoms with E-state index in [4.69, 9.17) is 5.73 Å². The Morgan fingerprint density at radius 3 is 2.88 bits per heavy atom. The van der Waals surface area contributed by atoms with Crippen LogP contribution in [0.2, 0.25) is 0 Å². The number of rotatable bonds is 4. The Labute approximate surface area is 147 Å². The number of fused-ring (bicyclic) bond motifs is 1. The Kier molecular flexibility index (Phi) is 4.01. The van der Waals surface area contributed by atoms with E-state index >= 15 is 0 Å². The van der Waals surface area contributed by atoms with Gasteiger partial charge < -0.3 is 16.0 Å². The van der Waals surface area contributed by atoms with Gasteiger partial charge in [0.2, 0.25) is 5.91 Å². The molecule has 3 heterocycles. The Balaban J connectivity index is 1.55. The van der Waals surface area contributed by atoms with Crippen molar-refractivity contribution < 1.29 is 4.79 Å². The van der Waals surface area contributed by atoms with Gasteiger partial charge in [-0.3, -0.25) is 4.79 Å². The lowest BCUT2D eigenvalue weighted by Crippen LogP contribution is -2.27. The highest BCUT2D eigenvalue weighted by Gasteiger charge is 2.17. The van der Waals surface area contributed by atoms with Crippen LogP contribution in [0.4, 0.5) is 5.13 Å². The van der Waals surface area contributed by atoms with Gasteiger partial charge in [-0.1, -0.05) is 30.3 Å². The van der Waals surface area contributed by atoms with Gasteiger partial charge in [0.05, 0.1) is 5.69 Å². The summed E-state index contributed by atoms with van der Waals surface area (Å²) in [5.41, 5.74) is 9.32. The lowest BCUT2D eigenvalue weighted by Gasteiger charge is -2.10. The molecule has 4 rings (SSSR count). The Morgan fingerprint density at radius 1 is 1.20 bits per heavy atom. The molecule has 0 aliphatic rings. The number of H-pyrrole nitrogens is 1. The van der Waals surface area contributed by atoms with Gasteiger partial charge in [-0.05, 0) is 17.7 Å². The molecule has 0 aliphatic heterocycles. The van der Waals surface area contributed by atoms with Crippen molar-refractivity contribution in [2.75, 3.05) is 5.32 Å². The van der Waals surface area contributed by atoms with Gasteiger partial charge in [-0.25, -0.2) is 9.97 Å². The van der Waals surface area contributed by atoms with Gasteiger partial charge in [-0.2, -0.15) is 0 Å². The van der Waals surface area contributed by atoms with E-state index < -0.39 is 6.04 Å². The third kappa shape index (κ3) is 3.02. The van der Waals surface area contributed by atoms with E-state index in [9.17, 15) is 4.79 Å². The highest BCUT2D eigenvalue weighted by atomic mass is 32.1. The van der Waals surface area contributed by atoms with Crippen molar-refractivity contribution in [2.24, 2.45) is 5.73 Å². The van der Waals surface area contributed by atoms with E-state index in [-0.39, 0.29) is 5.91 Å². The molecular formula is C18H15N5OS. The predicted molar refractivity (Wildman–Crippen MR) is 99.2 cm³/mol. The number of pyridine rings is 1. The number of nitrogens with zero attached hydrogens (tertiary/aromatic N) is 2. The second kappa shape index (κ2) is 6.46. The number of aromatic amines is 1. The fourth-order valence-corrected chi connectivity index (χ4v) is 3.33. The normalized spacial score (nSPS) is 12.2. The average Bonchev–Trinajstić information content (AvgIpc) is 3.28. The van der Waals surface area contributed by atoms with Crippen molar-refractivity contribution in [1.82, 2.24) is 15.0 Å². The fraction of sp³-hybridized carbons (Fsp3) is 0.0556. The van der Waals surface area contributed by atoms with Crippen LogP contribution in [-0.2, 0) is 4.79 Å². The third-order valence-electron chi connectivity index (χ3n) is 3.90. The summed E-state index contributed by atoms with van der Waals surface area (Å²) >= 11 is 1.36. The van der Waals surface area contributed by atoms with Crippen LogP contribution >= 0.6 is 11.3 Å². The lowest BCUT2D eigenvalue weighted by molar-refractivity contribution is -0.117. The standard InChI is InChI=1S/C18H15N5OS/c19-15(11-5-2-1-3-6-11)17(24)23-18-22-14(10-25-18)13-9-21-16-12(13)7-4-8-20-16/h1-10,15H,19H2,(H,20,21)(H,22,23,24)/t15-/m1/s1. The second-order valence-electron chi connectivity index (χ2n) is 5.52. The largest absolute Gasteiger partial charge is 0.345 e. The quantitative estimate of drug-likeness (QED) is 0.526. The summed E-state index contributed by atoms with van der Waals surface area (Å²) < 4.78 is 0. The molecule has 124 valence electrons. The van der Waals surface area contributed by atoms with Gasteiger partial charge in [-0.15, -0.1) is 11.3 Å². The topological polar surface area (TPSA) is 96.7 Å². The molecule has 0 aliphatic carbocycles. The van der Waals surface area contributed by atoms with Crippen molar-refractivity contribution in [3.8, 4) is 11.3 Å². The first kappa shape index (κ1) is 15.5. The number of hydrogen-bond donors (Lipinski definition) is 3. The SMILES string of the molecule is N[C@@H](C(=O)Nc1nc(-c2c[nH]c3ncccc23)cs1)c1ccccc1. The molecule has 4 N–H and O–H groups in total. The highest BCUT2D eigenvalue weighted by molar-refractivity contribution is 7.14. The molecule has 0 radical (unpaired) electrons. The molecule has 1 atom stereocenters. The zero-order chi connectivity index (χ0) is 17.2. The van der Waals surface area contributed by atoms with E-state index in [0.29, 0.717) is 5.13 Å². The van der Waals surface area contributed by atoms with Crippen LogP contribution in [0, 0.1) is 0 Å². The zero-order valence-corrected chi connectivity index (χ0v) is 14.0. The predicted octanol–water partition coefficient (Wildman–Crippen LogP) is 3.32. The van der Waals surface area contributed by atoms with Gasteiger partial charge >= 0.3 is 0 Å². The molecule has 0 unspecified atom stereocenters. The smallest absolute Gasteiger partial charge is 0.247 e. The molecule has 1 amide bonds. The maximum absolute atomic E-state index is 12.3. The molecule has 1 aromatic carbocycles. The number of nitrogens with two attached hydrogens (primary N) is 1. The van der Waals surface area contributed by atoms with Gasteiger partial charge in [0.1, 0.15) is 11.7 Å². The summed E-state index contributed by atoms with van der Waals surface area (Å²) in [7, 11) is 0. The number of thiazole rings is 1. The third-order valence-corrected chi connectivity index (χ3v) is 4.66. The maximum atomic E-state index is 12.3. The minimum Gasteiger partial charge on any atom is -0.345 e. The molecule has 3 aromatic heterocycles. The van der Waals surface area contributed by atoms with E-state index in [1.165, 1.54) is 11.3 Å². The number of anilines is 1. The molecule has 6 nitrogen and oxygen atoms in total. The Bertz CT molecular complexity index is 1020. The molecule has 0 fully saturated rings. The summed E-state index contributed by atoms with van der Waals surface area (Å²) in [5, 5.41) is 6.20. The molecule has 0 spiro atoms. The van der Waals surface area contributed by atoms with Crippen LogP contribution in [0.25, 0.3) is 22.3 Å². The molecule has 0 bridgehead atoms. The first-order valence-corrected chi connectivity index (χ1v) is 8.60. The van der Waals surface area contributed by atoms with Gasteiger partial charge in [0.15, 0.2) is 5.13 Å². The molecule has 4 aromatic rings. The maximum Gasteiger partial charge on any atom is 0.247 e. The van der Waals surface area contributed by atoms with Crippen molar-refractivity contribution in [1.29, 1.82) is 0 Å². The molecule has 7 heteroatoms.